The molecular formula is C19H25N3O3S2. The van der Waals surface area contributed by atoms with Gasteiger partial charge in [0.1, 0.15) is 0 Å². The minimum Gasteiger partial charge on any atom is -0.493 e. The number of unbranched alkanes of at least 4 members (excludes halogenated alkanes) is 2. The second-order valence-corrected chi connectivity index (χ2v) is 8.08. The number of methoxy groups -OCH3 is 1. The van der Waals surface area contributed by atoms with E-state index in [1.165, 1.54) is 17.4 Å². The number of nitrogens with zero attached hydrogens (tertiary/aromatic N) is 2. The van der Waals surface area contributed by atoms with Crippen LogP contribution in [0, 0.1) is 0 Å². The topological polar surface area (TPSA) is 73.3 Å². The molecule has 146 valence electrons. The van der Waals surface area contributed by atoms with Gasteiger partial charge in [0, 0.05) is 6.08 Å². The van der Waals surface area contributed by atoms with Crippen molar-refractivity contribution in [3.05, 3.63) is 29.8 Å². The predicted octanol–water partition coefficient (Wildman–Crippen LogP) is 4.88. The molecule has 2 aromatic rings. The molecule has 0 radical (unpaired) electrons. The first-order valence-corrected chi connectivity index (χ1v) is 10.7. The Balaban J connectivity index is 1.93. The van der Waals surface area contributed by atoms with Crippen LogP contribution in [0.2, 0.25) is 0 Å². The Morgan fingerprint density at radius 1 is 1.26 bits per heavy atom. The first-order valence-electron chi connectivity index (χ1n) is 8.92. The largest absolute Gasteiger partial charge is 0.493 e. The van der Waals surface area contributed by atoms with Crippen molar-refractivity contribution < 1.29 is 14.3 Å². The van der Waals surface area contributed by atoms with Gasteiger partial charge in [0.05, 0.1) is 13.7 Å². The molecule has 1 N–H and O–H groups in total. The van der Waals surface area contributed by atoms with Crippen molar-refractivity contribution in [1.29, 1.82) is 0 Å². The van der Waals surface area contributed by atoms with Crippen molar-refractivity contribution in [3.63, 3.8) is 0 Å². The molecule has 0 unspecified atom stereocenters. The number of nitrogens with one attached hydrogen (secondary N) is 1. The quantitative estimate of drug-likeness (QED) is 0.248. The van der Waals surface area contributed by atoms with E-state index in [2.05, 4.69) is 22.4 Å². The third-order valence-corrected chi connectivity index (χ3v) is 5.38. The molecule has 0 saturated heterocycles. The lowest BCUT2D eigenvalue weighted by Crippen LogP contribution is -2.07. The van der Waals surface area contributed by atoms with Crippen LogP contribution in [0.25, 0.3) is 6.08 Å². The molecule has 6 nitrogen and oxygen atoms in total. The molecule has 8 heteroatoms. The first-order chi connectivity index (χ1) is 13.2. The van der Waals surface area contributed by atoms with Crippen LogP contribution in [-0.4, -0.2) is 35.6 Å². The van der Waals surface area contributed by atoms with Gasteiger partial charge >= 0.3 is 0 Å². The van der Waals surface area contributed by atoms with E-state index < -0.39 is 0 Å². The van der Waals surface area contributed by atoms with Gasteiger partial charge in [-0.25, -0.2) is 0 Å². The maximum atomic E-state index is 12.1. The molecule has 0 atom stereocenters. The lowest BCUT2D eigenvalue weighted by atomic mass is 10.2. The normalized spacial score (nSPS) is 10.9. The molecule has 0 aliphatic carbocycles. The fourth-order valence-corrected chi connectivity index (χ4v) is 3.85. The monoisotopic (exact) mass is 407 g/mol. The van der Waals surface area contributed by atoms with E-state index in [-0.39, 0.29) is 5.91 Å². The number of rotatable bonds is 11. The van der Waals surface area contributed by atoms with E-state index in [0.29, 0.717) is 23.2 Å². The van der Waals surface area contributed by atoms with Crippen LogP contribution in [-0.2, 0) is 4.79 Å². The molecule has 0 bridgehead atoms. The van der Waals surface area contributed by atoms with E-state index in [1.54, 1.807) is 24.9 Å². The average molecular weight is 408 g/mol. The van der Waals surface area contributed by atoms with Crippen LogP contribution < -0.4 is 14.8 Å². The third-order valence-electron chi connectivity index (χ3n) is 3.52. The van der Waals surface area contributed by atoms with Crippen LogP contribution >= 0.6 is 23.1 Å². The number of thioether (sulfide) groups is 1. The number of hydrogen-bond acceptors (Lipinski definition) is 7. The summed E-state index contributed by atoms with van der Waals surface area (Å²) in [6.45, 7) is 4.87. The van der Waals surface area contributed by atoms with Gasteiger partial charge in [-0.1, -0.05) is 55.9 Å². The van der Waals surface area contributed by atoms with Crippen LogP contribution in [0.3, 0.4) is 0 Å². The molecule has 1 aromatic carbocycles. The van der Waals surface area contributed by atoms with Gasteiger partial charge in [0.25, 0.3) is 0 Å². The molecule has 1 aromatic heterocycles. The maximum absolute atomic E-state index is 12.1. The Morgan fingerprint density at radius 3 is 2.85 bits per heavy atom. The van der Waals surface area contributed by atoms with Crippen LogP contribution in [0.15, 0.2) is 28.6 Å². The SMILES string of the molecule is CCCCCOc1ccc(/C=C/C(=O)Nc2nnc(SCC)s2)cc1OC. The van der Waals surface area contributed by atoms with Gasteiger partial charge in [-0.3, -0.25) is 10.1 Å². The highest BCUT2D eigenvalue weighted by Gasteiger charge is 2.07. The van der Waals surface area contributed by atoms with Crippen molar-refractivity contribution >= 4 is 40.2 Å². The van der Waals surface area contributed by atoms with E-state index >= 15 is 0 Å². The van der Waals surface area contributed by atoms with Gasteiger partial charge in [0.15, 0.2) is 15.8 Å². The maximum Gasteiger partial charge on any atom is 0.250 e. The minimum atomic E-state index is -0.252. The number of anilines is 1. The first kappa shape index (κ1) is 21.2. The molecule has 0 saturated carbocycles. The Labute approximate surface area is 168 Å². The molecule has 2 rings (SSSR count). The molecule has 1 amide bonds. The number of hydrogen-bond donors (Lipinski definition) is 1. The summed E-state index contributed by atoms with van der Waals surface area (Å²) < 4.78 is 12.0. The average Bonchev–Trinajstić information content (AvgIpc) is 3.11. The zero-order valence-corrected chi connectivity index (χ0v) is 17.5. The summed E-state index contributed by atoms with van der Waals surface area (Å²) >= 11 is 2.96. The lowest BCUT2D eigenvalue weighted by molar-refractivity contribution is -0.111. The van der Waals surface area contributed by atoms with Crippen LogP contribution in [0.1, 0.15) is 38.7 Å². The highest BCUT2D eigenvalue weighted by Crippen LogP contribution is 2.29. The second kappa shape index (κ2) is 11.6. The summed E-state index contributed by atoms with van der Waals surface area (Å²) in [5.41, 5.74) is 0.849. The zero-order chi connectivity index (χ0) is 19.5. The van der Waals surface area contributed by atoms with Crippen molar-refractivity contribution in [1.82, 2.24) is 10.2 Å². The molecule has 1 heterocycles. The van der Waals surface area contributed by atoms with Gasteiger partial charge in [0.2, 0.25) is 11.0 Å². The predicted molar refractivity (Wildman–Crippen MR) is 112 cm³/mol. The van der Waals surface area contributed by atoms with Gasteiger partial charge in [-0.05, 0) is 35.9 Å². The summed E-state index contributed by atoms with van der Waals surface area (Å²) in [6, 6.07) is 5.60. The number of amides is 1. The standard InChI is InChI=1S/C19H25N3O3S2/c1-4-6-7-12-25-15-10-8-14(13-16(15)24-3)9-11-17(23)20-18-21-22-19(27-18)26-5-2/h8-11,13H,4-7,12H2,1-3H3,(H,20,21,23)/b11-9+. The molecular weight excluding hydrogens is 382 g/mol. The van der Waals surface area contributed by atoms with Crippen molar-refractivity contribution in [2.24, 2.45) is 0 Å². The molecule has 0 fully saturated rings. The van der Waals surface area contributed by atoms with Crippen molar-refractivity contribution in [2.75, 3.05) is 24.8 Å². The third kappa shape index (κ3) is 7.22. The van der Waals surface area contributed by atoms with E-state index in [9.17, 15) is 4.79 Å². The summed E-state index contributed by atoms with van der Waals surface area (Å²) in [5.74, 6) is 2.03. The minimum absolute atomic E-state index is 0.252. The fourth-order valence-electron chi connectivity index (χ4n) is 2.20. The van der Waals surface area contributed by atoms with Crippen molar-refractivity contribution in [3.8, 4) is 11.5 Å². The van der Waals surface area contributed by atoms with Gasteiger partial charge in [-0.2, -0.15) is 0 Å². The highest BCUT2D eigenvalue weighted by atomic mass is 32.2. The van der Waals surface area contributed by atoms with Crippen LogP contribution in [0.4, 0.5) is 5.13 Å². The summed E-state index contributed by atoms with van der Waals surface area (Å²) in [4.78, 5) is 12.1. The number of benzene rings is 1. The molecule has 0 aliphatic rings. The van der Waals surface area contributed by atoms with E-state index in [1.807, 2.05) is 25.1 Å². The Bertz CT molecular complexity index is 762. The second-order valence-electron chi connectivity index (χ2n) is 5.59. The number of aromatic nitrogens is 2. The summed E-state index contributed by atoms with van der Waals surface area (Å²) in [6.07, 6.45) is 6.51. The van der Waals surface area contributed by atoms with Crippen LogP contribution in [0.5, 0.6) is 11.5 Å². The van der Waals surface area contributed by atoms with Gasteiger partial charge in [-0.15, -0.1) is 10.2 Å². The Hall–Kier alpha value is -2.06. The Morgan fingerprint density at radius 2 is 2.11 bits per heavy atom. The number of carbonyl (C=O) groups is 1. The van der Waals surface area contributed by atoms with E-state index in [0.717, 1.165) is 34.9 Å². The number of carbonyl (C=O) groups excluding carboxylic acids is 1. The molecule has 0 aliphatic heterocycles. The zero-order valence-electron chi connectivity index (χ0n) is 15.9. The Kier molecular flexibility index (Phi) is 9.13. The smallest absolute Gasteiger partial charge is 0.250 e. The van der Waals surface area contributed by atoms with Gasteiger partial charge < -0.3 is 9.47 Å². The lowest BCUT2D eigenvalue weighted by Gasteiger charge is -2.11. The van der Waals surface area contributed by atoms with Crippen molar-refractivity contribution in [2.45, 2.75) is 37.4 Å². The number of ether oxygens (including phenoxy) is 2. The molecule has 27 heavy (non-hydrogen) atoms. The highest BCUT2D eigenvalue weighted by molar-refractivity contribution is 8.01. The fraction of sp³-hybridized carbons (Fsp3) is 0.421. The summed E-state index contributed by atoms with van der Waals surface area (Å²) in [7, 11) is 1.61. The molecule has 0 spiro atoms. The van der Waals surface area contributed by atoms with E-state index in [4.69, 9.17) is 9.47 Å². The summed E-state index contributed by atoms with van der Waals surface area (Å²) in [5, 5.41) is 11.2.